The van der Waals surface area contributed by atoms with Crippen molar-refractivity contribution in [3.05, 3.63) is 59.0 Å². The minimum atomic E-state index is -4.92. The molecule has 3 aromatic rings. The third-order valence-corrected chi connectivity index (χ3v) is 6.26. The quantitative estimate of drug-likeness (QED) is 0.380. The van der Waals surface area contributed by atoms with E-state index in [0.29, 0.717) is 0 Å². The van der Waals surface area contributed by atoms with Gasteiger partial charge in [-0.05, 0) is 63.1 Å². The van der Waals surface area contributed by atoms with Crippen LogP contribution in [0.2, 0.25) is 0 Å². The topological polar surface area (TPSA) is 118 Å². The van der Waals surface area contributed by atoms with Crippen molar-refractivity contribution in [2.45, 2.75) is 51.9 Å². The fourth-order valence-corrected chi connectivity index (χ4v) is 3.99. The number of aromatic hydroxyl groups is 1. The van der Waals surface area contributed by atoms with Gasteiger partial charge in [0.2, 0.25) is 5.91 Å². The number of alkyl halides is 3. The summed E-state index contributed by atoms with van der Waals surface area (Å²) in [6.07, 6.45) is -4.83. The number of carboxylic acids is 1. The number of aromatic nitrogens is 1. The highest BCUT2D eigenvalue weighted by Crippen LogP contribution is 2.36. The van der Waals surface area contributed by atoms with Gasteiger partial charge in [-0.25, -0.2) is 9.18 Å². The second-order valence-corrected chi connectivity index (χ2v) is 8.73. The van der Waals surface area contributed by atoms with Crippen molar-refractivity contribution in [2.24, 2.45) is 0 Å². The van der Waals surface area contributed by atoms with Gasteiger partial charge in [0.1, 0.15) is 11.3 Å². The summed E-state index contributed by atoms with van der Waals surface area (Å²) in [5.74, 6) is -6.02. The number of phenolic OH excluding ortho intramolecular Hbond substituents is 1. The molecular formula is C25H24F4N2O6. The minimum absolute atomic E-state index is 0.000411. The smallest absolute Gasteiger partial charge is 0.505 e. The molecule has 1 unspecified atom stereocenters. The van der Waals surface area contributed by atoms with E-state index in [0.717, 1.165) is 41.0 Å². The molecule has 0 aliphatic carbocycles. The summed E-state index contributed by atoms with van der Waals surface area (Å²) in [4.78, 5) is 38.1. The number of nitrogens with zero attached hydrogens (tertiary/aromatic N) is 1. The highest BCUT2D eigenvalue weighted by Gasteiger charge is 2.36. The Morgan fingerprint density at radius 2 is 1.73 bits per heavy atom. The lowest BCUT2D eigenvalue weighted by molar-refractivity contribution is -0.274. The van der Waals surface area contributed by atoms with Gasteiger partial charge in [0.15, 0.2) is 11.6 Å². The molecule has 0 saturated carbocycles. The molecule has 3 rings (SSSR count). The van der Waals surface area contributed by atoms with Gasteiger partial charge in [0.05, 0.1) is 11.4 Å². The van der Waals surface area contributed by atoms with Gasteiger partial charge in [-0.1, -0.05) is 6.92 Å². The normalized spacial score (nSPS) is 14.2. The van der Waals surface area contributed by atoms with Crippen LogP contribution in [0.5, 0.6) is 11.5 Å². The molecule has 1 aromatic heterocycles. The molecule has 0 bridgehead atoms. The SMILES string of the molecule is CCC(C)(NC(=O)[C@H](C)c1c(C)n(C(=O)c2ccc(OC(F)(F)F)cc2)c2cc(F)c(O)cc12)C(=O)O. The third kappa shape index (κ3) is 5.37. The van der Waals surface area contributed by atoms with Gasteiger partial charge in [-0.2, -0.15) is 0 Å². The zero-order valence-corrected chi connectivity index (χ0v) is 20.2. The maximum absolute atomic E-state index is 14.3. The number of carbonyl (C=O) groups excluding carboxylic acids is 2. The summed E-state index contributed by atoms with van der Waals surface area (Å²) in [6.45, 7) is 5.87. The summed E-state index contributed by atoms with van der Waals surface area (Å²) in [7, 11) is 0. The number of hydrogen-bond donors (Lipinski definition) is 3. The van der Waals surface area contributed by atoms with E-state index in [-0.39, 0.29) is 34.1 Å². The largest absolute Gasteiger partial charge is 0.573 e. The zero-order valence-electron chi connectivity index (χ0n) is 20.2. The number of halogens is 4. The molecule has 0 aliphatic rings. The number of ether oxygens (including phenoxy) is 1. The molecule has 0 fully saturated rings. The lowest BCUT2D eigenvalue weighted by Gasteiger charge is -2.26. The van der Waals surface area contributed by atoms with E-state index in [1.807, 2.05) is 0 Å². The highest BCUT2D eigenvalue weighted by atomic mass is 19.4. The van der Waals surface area contributed by atoms with Crippen LogP contribution < -0.4 is 10.1 Å². The van der Waals surface area contributed by atoms with Crippen molar-refractivity contribution in [3.63, 3.8) is 0 Å². The van der Waals surface area contributed by atoms with E-state index in [2.05, 4.69) is 10.1 Å². The van der Waals surface area contributed by atoms with Crippen LogP contribution in [0.1, 0.15) is 54.7 Å². The van der Waals surface area contributed by atoms with E-state index in [9.17, 15) is 42.2 Å². The maximum atomic E-state index is 14.3. The van der Waals surface area contributed by atoms with Crippen molar-refractivity contribution in [2.75, 3.05) is 0 Å². The highest BCUT2D eigenvalue weighted by molar-refractivity contribution is 6.06. The first kappa shape index (κ1) is 27.5. The number of hydrogen-bond acceptors (Lipinski definition) is 5. The van der Waals surface area contributed by atoms with Gasteiger partial charge >= 0.3 is 12.3 Å². The summed E-state index contributed by atoms with van der Waals surface area (Å²) in [5, 5.41) is 22.1. The molecule has 0 radical (unpaired) electrons. The van der Waals surface area contributed by atoms with E-state index in [1.165, 1.54) is 20.8 Å². The third-order valence-electron chi connectivity index (χ3n) is 6.26. The molecule has 198 valence electrons. The van der Waals surface area contributed by atoms with Crippen LogP contribution in [0, 0.1) is 12.7 Å². The number of amides is 1. The second-order valence-electron chi connectivity index (χ2n) is 8.73. The van der Waals surface area contributed by atoms with Crippen LogP contribution in [0.4, 0.5) is 17.6 Å². The fraction of sp³-hybridized carbons (Fsp3) is 0.320. The Bertz CT molecular complexity index is 1380. The summed E-state index contributed by atoms with van der Waals surface area (Å²) in [6, 6.07) is 6.04. The van der Waals surface area contributed by atoms with Crippen LogP contribution in [0.15, 0.2) is 36.4 Å². The first-order chi connectivity index (χ1) is 17.1. The molecule has 2 atom stereocenters. The molecule has 0 spiro atoms. The van der Waals surface area contributed by atoms with Crippen LogP contribution in [-0.4, -0.2) is 44.5 Å². The molecule has 1 heterocycles. The van der Waals surface area contributed by atoms with Gasteiger partial charge in [-0.15, -0.1) is 13.2 Å². The Morgan fingerprint density at radius 1 is 1.14 bits per heavy atom. The fourth-order valence-electron chi connectivity index (χ4n) is 3.99. The van der Waals surface area contributed by atoms with E-state index in [1.54, 1.807) is 6.92 Å². The number of carboxylic acid groups (broad SMARTS) is 1. The predicted molar refractivity (Wildman–Crippen MR) is 124 cm³/mol. The van der Waals surface area contributed by atoms with Crippen LogP contribution >= 0.6 is 0 Å². The zero-order chi connectivity index (χ0) is 27.9. The molecule has 8 nitrogen and oxygen atoms in total. The average Bonchev–Trinajstić information content (AvgIpc) is 3.08. The van der Waals surface area contributed by atoms with Crippen molar-refractivity contribution in [1.29, 1.82) is 0 Å². The number of phenols is 1. The summed E-state index contributed by atoms with van der Waals surface area (Å²) in [5.41, 5.74) is -1.20. The summed E-state index contributed by atoms with van der Waals surface area (Å²) < 4.78 is 56.6. The molecule has 0 aliphatic heterocycles. The van der Waals surface area contributed by atoms with Gasteiger partial charge in [0.25, 0.3) is 5.91 Å². The lowest BCUT2D eigenvalue weighted by atomic mass is 9.93. The van der Waals surface area contributed by atoms with Crippen molar-refractivity contribution < 1.29 is 46.9 Å². The predicted octanol–water partition coefficient (Wildman–Crippen LogP) is 4.85. The molecule has 12 heteroatoms. The Morgan fingerprint density at radius 3 is 2.24 bits per heavy atom. The first-order valence-corrected chi connectivity index (χ1v) is 11.1. The van der Waals surface area contributed by atoms with Crippen LogP contribution in [-0.2, 0) is 9.59 Å². The number of carbonyl (C=O) groups is 3. The molecule has 3 N–H and O–H groups in total. The van der Waals surface area contributed by atoms with E-state index in [4.69, 9.17) is 0 Å². The molecular weight excluding hydrogens is 500 g/mol. The number of fused-ring (bicyclic) bond motifs is 1. The van der Waals surface area contributed by atoms with Crippen LogP contribution in [0.25, 0.3) is 10.9 Å². The standard InChI is InChI=1S/C25H24F4N2O6/c1-5-24(4,23(35)36)30-21(33)12(2)20-13(3)31(18-11-17(26)19(32)10-16(18)20)22(34)14-6-8-15(9-7-14)37-25(27,28)29/h6-12,32H,5H2,1-4H3,(H,30,33)(H,35,36)/t12-,24?/m1/s1. The van der Waals surface area contributed by atoms with Gasteiger partial charge in [-0.3, -0.25) is 14.2 Å². The van der Waals surface area contributed by atoms with Gasteiger partial charge < -0.3 is 20.3 Å². The molecule has 0 saturated heterocycles. The number of nitrogens with one attached hydrogen (secondary N) is 1. The Hall–Kier alpha value is -4.09. The Kier molecular flexibility index (Phi) is 7.25. The lowest BCUT2D eigenvalue weighted by Crippen LogP contribution is -2.52. The molecule has 2 aromatic carbocycles. The number of benzene rings is 2. The summed E-state index contributed by atoms with van der Waals surface area (Å²) >= 11 is 0. The Balaban J connectivity index is 2.11. The first-order valence-electron chi connectivity index (χ1n) is 11.1. The number of aliphatic carboxylic acids is 1. The monoisotopic (exact) mass is 524 g/mol. The molecule has 37 heavy (non-hydrogen) atoms. The minimum Gasteiger partial charge on any atom is -0.505 e. The second kappa shape index (κ2) is 9.75. The van der Waals surface area contributed by atoms with Crippen molar-refractivity contribution >= 4 is 28.7 Å². The molecule has 1 amide bonds. The maximum Gasteiger partial charge on any atom is 0.573 e. The van der Waals surface area contributed by atoms with Crippen molar-refractivity contribution in [3.8, 4) is 11.5 Å². The van der Waals surface area contributed by atoms with E-state index >= 15 is 0 Å². The Labute approximate surface area is 208 Å². The van der Waals surface area contributed by atoms with Crippen molar-refractivity contribution in [1.82, 2.24) is 9.88 Å². The van der Waals surface area contributed by atoms with Gasteiger partial charge in [0, 0.05) is 22.7 Å². The van der Waals surface area contributed by atoms with E-state index < -0.39 is 52.9 Å². The average molecular weight is 524 g/mol. The number of rotatable bonds is 7. The van der Waals surface area contributed by atoms with Crippen LogP contribution in [0.3, 0.4) is 0 Å².